The van der Waals surface area contributed by atoms with Gasteiger partial charge in [-0.2, -0.15) is 4.37 Å². The number of unbranched alkanes of at least 4 members (excludes halogenated alkanes) is 1. The van der Waals surface area contributed by atoms with Crippen LogP contribution in [-0.4, -0.2) is 53.7 Å². The van der Waals surface area contributed by atoms with Gasteiger partial charge in [-0.05, 0) is 43.1 Å². The summed E-state index contributed by atoms with van der Waals surface area (Å²) in [6.07, 6.45) is 2.01. The number of benzene rings is 1. The molecule has 0 unspecified atom stereocenters. The highest BCUT2D eigenvalue weighted by Crippen LogP contribution is 2.29. The smallest absolute Gasteiger partial charge is 0.150 e. The Kier molecular flexibility index (Phi) is 6.23. The lowest BCUT2D eigenvalue weighted by Gasteiger charge is -2.35. The Balaban J connectivity index is 0.00000161. The molecule has 1 aliphatic rings. The number of anilines is 1. The third kappa shape index (κ3) is 3.86. The van der Waals surface area contributed by atoms with Crippen molar-refractivity contribution < 1.29 is 5.11 Å². The Hall–Kier alpha value is -0.880. The molecule has 1 N–H and O–H groups in total. The van der Waals surface area contributed by atoms with Gasteiger partial charge >= 0.3 is 0 Å². The molecule has 3 rings (SSSR count). The summed E-state index contributed by atoms with van der Waals surface area (Å²) in [5, 5.41) is 10.1. The number of aliphatic hydroxyl groups is 1. The second-order valence-electron chi connectivity index (χ2n) is 5.26. The fourth-order valence-electron chi connectivity index (χ4n) is 2.73. The van der Waals surface area contributed by atoms with Crippen LogP contribution in [0.2, 0.25) is 0 Å². The summed E-state index contributed by atoms with van der Waals surface area (Å²) in [6, 6.07) is 8.47. The van der Waals surface area contributed by atoms with Crippen molar-refractivity contribution in [1.82, 2.24) is 9.27 Å². The van der Waals surface area contributed by atoms with E-state index in [4.69, 9.17) is 5.11 Å². The summed E-state index contributed by atoms with van der Waals surface area (Å²) >= 11 is 1.59. The van der Waals surface area contributed by atoms with Crippen molar-refractivity contribution in [3.63, 3.8) is 0 Å². The van der Waals surface area contributed by atoms with Gasteiger partial charge in [0.1, 0.15) is 5.82 Å². The van der Waals surface area contributed by atoms with Crippen LogP contribution in [-0.2, 0) is 0 Å². The van der Waals surface area contributed by atoms with Crippen LogP contribution < -0.4 is 4.90 Å². The molecule has 0 radical (unpaired) electrons. The van der Waals surface area contributed by atoms with E-state index in [2.05, 4.69) is 38.4 Å². The van der Waals surface area contributed by atoms with Gasteiger partial charge in [-0.15, -0.1) is 12.4 Å². The maximum atomic E-state index is 8.83. The molecule has 1 aromatic heterocycles. The van der Waals surface area contributed by atoms with Gasteiger partial charge in [-0.1, -0.05) is 12.1 Å². The van der Waals surface area contributed by atoms with Crippen LogP contribution >= 0.6 is 23.9 Å². The van der Waals surface area contributed by atoms with Crippen LogP contribution in [0.3, 0.4) is 0 Å². The first-order valence-electron chi connectivity index (χ1n) is 7.31. The van der Waals surface area contributed by atoms with Crippen molar-refractivity contribution in [2.75, 3.05) is 44.2 Å². The average molecular weight is 328 g/mol. The Bertz CT molecular complexity index is 555. The minimum Gasteiger partial charge on any atom is -0.396 e. The van der Waals surface area contributed by atoms with Crippen molar-refractivity contribution in [3.8, 4) is 0 Å². The number of fused-ring (bicyclic) bond motifs is 1. The molecule has 0 saturated carbocycles. The minimum absolute atomic E-state index is 0. The highest BCUT2D eigenvalue weighted by Gasteiger charge is 2.20. The van der Waals surface area contributed by atoms with Gasteiger partial charge in [0, 0.05) is 38.2 Å². The second-order valence-corrected chi connectivity index (χ2v) is 6.07. The SMILES string of the molecule is Cl.OCCCCN1CCN(c2nsc3ccccc23)CC1. The Morgan fingerprint density at radius 1 is 1.10 bits per heavy atom. The van der Waals surface area contributed by atoms with Gasteiger partial charge in [-0.3, -0.25) is 4.90 Å². The lowest BCUT2D eigenvalue weighted by Crippen LogP contribution is -2.46. The molecule has 2 aromatic rings. The lowest BCUT2D eigenvalue weighted by atomic mass is 10.2. The number of halogens is 1. The largest absolute Gasteiger partial charge is 0.396 e. The number of nitrogens with zero attached hydrogens (tertiary/aromatic N) is 3. The highest BCUT2D eigenvalue weighted by molar-refractivity contribution is 7.13. The fraction of sp³-hybridized carbons (Fsp3) is 0.533. The van der Waals surface area contributed by atoms with E-state index in [1.807, 2.05) is 0 Å². The lowest BCUT2D eigenvalue weighted by molar-refractivity contribution is 0.232. The first-order valence-corrected chi connectivity index (χ1v) is 8.08. The van der Waals surface area contributed by atoms with E-state index in [1.54, 1.807) is 11.5 Å². The van der Waals surface area contributed by atoms with Crippen LogP contribution in [0.25, 0.3) is 10.1 Å². The summed E-state index contributed by atoms with van der Waals surface area (Å²) < 4.78 is 5.91. The van der Waals surface area contributed by atoms with Gasteiger partial charge < -0.3 is 10.0 Å². The molecule has 0 amide bonds. The van der Waals surface area contributed by atoms with E-state index < -0.39 is 0 Å². The summed E-state index contributed by atoms with van der Waals surface area (Å²) in [6.45, 7) is 5.70. The normalized spacial score (nSPS) is 16.1. The fourth-order valence-corrected chi connectivity index (χ4v) is 3.53. The maximum absolute atomic E-state index is 8.83. The molecule has 2 heterocycles. The maximum Gasteiger partial charge on any atom is 0.150 e. The number of hydrogen-bond donors (Lipinski definition) is 1. The quantitative estimate of drug-likeness (QED) is 0.857. The molecule has 4 nitrogen and oxygen atoms in total. The Morgan fingerprint density at radius 3 is 2.62 bits per heavy atom. The number of rotatable bonds is 5. The molecule has 1 fully saturated rings. The molecule has 1 aliphatic heterocycles. The molecule has 1 aromatic carbocycles. The topological polar surface area (TPSA) is 39.6 Å². The zero-order chi connectivity index (χ0) is 13.8. The van der Waals surface area contributed by atoms with E-state index in [0.717, 1.165) is 51.4 Å². The summed E-state index contributed by atoms with van der Waals surface area (Å²) in [7, 11) is 0. The zero-order valence-corrected chi connectivity index (χ0v) is 13.7. The van der Waals surface area contributed by atoms with Crippen LogP contribution in [0.4, 0.5) is 5.82 Å². The molecule has 0 bridgehead atoms. The molecule has 0 aliphatic carbocycles. The van der Waals surface area contributed by atoms with E-state index >= 15 is 0 Å². The van der Waals surface area contributed by atoms with E-state index in [-0.39, 0.29) is 12.4 Å². The Morgan fingerprint density at radius 2 is 1.86 bits per heavy atom. The number of piperazine rings is 1. The van der Waals surface area contributed by atoms with Gasteiger partial charge in [0.05, 0.1) is 4.70 Å². The van der Waals surface area contributed by atoms with Crippen molar-refractivity contribution in [3.05, 3.63) is 24.3 Å². The van der Waals surface area contributed by atoms with Crippen LogP contribution in [0.1, 0.15) is 12.8 Å². The van der Waals surface area contributed by atoms with Crippen molar-refractivity contribution >= 4 is 39.8 Å². The summed E-state index contributed by atoms with van der Waals surface area (Å²) in [5.74, 6) is 1.15. The van der Waals surface area contributed by atoms with Gasteiger partial charge in [0.15, 0.2) is 0 Å². The monoisotopic (exact) mass is 327 g/mol. The van der Waals surface area contributed by atoms with Crippen LogP contribution in [0.15, 0.2) is 24.3 Å². The molecule has 116 valence electrons. The molecule has 6 heteroatoms. The van der Waals surface area contributed by atoms with E-state index in [0.29, 0.717) is 6.61 Å². The van der Waals surface area contributed by atoms with E-state index in [9.17, 15) is 0 Å². The van der Waals surface area contributed by atoms with Gasteiger partial charge in [0.2, 0.25) is 0 Å². The standard InChI is InChI=1S/C15H21N3OS.ClH/c19-12-4-3-7-17-8-10-18(11-9-17)15-13-5-1-2-6-14(13)20-16-15;/h1-2,5-6,19H,3-4,7-12H2;1H. The molecular weight excluding hydrogens is 306 g/mol. The summed E-state index contributed by atoms with van der Waals surface area (Å²) in [5.41, 5.74) is 0. The first-order chi connectivity index (χ1) is 9.88. The third-order valence-corrected chi connectivity index (χ3v) is 4.73. The second kappa shape index (κ2) is 7.94. The van der Waals surface area contributed by atoms with Gasteiger partial charge in [0.25, 0.3) is 0 Å². The predicted octanol–water partition coefficient (Wildman–Crippen LogP) is 2.61. The van der Waals surface area contributed by atoms with Crippen molar-refractivity contribution in [2.45, 2.75) is 12.8 Å². The third-order valence-electron chi connectivity index (χ3n) is 3.91. The number of hydrogen-bond acceptors (Lipinski definition) is 5. The minimum atomic E-state index is 0. The van der Waals surface area contributed by atoms with E-state index in [1.165, 1.54) is 10.1 Å². The van der Waals surface area contributed by atoms with Crippen LogP contribution in [0, 0.1) is 0 Å². The molecule has 21 heavy (non-hydrogen) atoms. The van der Waals surface area contributed by atoms with Crippen molar-refractivity contribution in [1.29, 1.82) is 0 Å². The van der Waals surface area contributed by atoms with Gasteiger partial charge in [-0.25, -0.2) is 0 Å². The average Bonchev–Trinajstić information content (AvgIpc) is 2.92. The Labute approximate surface area is 135 Å². The number of aliphatic hydroxyl groups excluding tert-OH is 1. The first kappa shape index (κ1) is 16.5. The molecule has 0 atom stereocenters. The van der Waals surface area contributed by atoms with Crippen molar-refractivity contribution in [2.24, 2.45) is 0 Å². The summed E-state index contributed by atoms with van der Waals surface area (Å²) in [4.78, 5) is 4.89. The van der Waals surface area contributed by atoms with Crippen LogP contribution in [0.5, 0.6) is 0 Å². The molecular formula is C15H22ClN3OS. The molecule has 1 saturated heterocycles. The molecule has 0 spiro atoms. The zero-order valence-electron chi connectivity index (χ0n) is 12.1. The predicted molar refractivity (Wildman–Crippen MR) is 91.8 cm³/mol. The number of aromatic nitrogens is 1. The highest BCUT2D eigenvalue weighted by atomic mass is 35.5.